The molecule has 2 aromatic carbocycles. The van der Waals surface area contributed by atoms with E-state index in [0.29, 0.717) is 36.7 Å². The van der Waals surface area contributed by atoms with Crippen molar-refractivity contribution >= 4 is 27.2 Å². The van der Waals surface area contributed by atoms with Crippen molar-refractivity contribution in [3.8, 4) is 0 Å². The Bertz CT molecular complexity index is 1460. The van der Waals surface area contributed by atoms with E-state index in [2.05, 4.69) is 15.2 Å². The average Bonchev–Trinajstić information content (AvgIpc) is 3.05. The number of hydrogen-bond donors (Lipinski definition) is 1. The van der Waals surface area contributed by atoms with E-state index in [9.17, 15) is 21.6 Å². The third-order valence-electron chi connectivity index (χ3n) is 6.99. The van der Waals surface area contributed by atoms with Crippen LogP contribution in [-0.2, 0) is 39.4 Å². The molecule has 0 saturated carbocycles. The van der Waals surface area contributed by atoms with Crippen LogP contribution in [-0.4, -0.2) is 44.6 Å². The third-order valence-corrected chi connectivity index (χ3v) is 8.76. The average molecular weight is 561 g/mol. The minimum Gasteiger partial charge on any atom is -0.379 e. The van der Waals surface area contributed by atoms with Gasteiger partial charge >= 0.3 is 6.18 Å². The maximum atomic E-state index is 14.1. The second-order valence-electron chi connectivity index (χ2n) is 10.9. The Morgan fingerprint density at radius 1 is 0.974 bits per heavy atom. The maximum absolute atomic E-state index is 14.1. The molecule has 0 unspecified atom stereocenters. The van der Waals surface area contributed by atoms with E-state index in [1.807, 2.05) is 26.8 Å². The fourth-order valence-corrected chi connectivity index (χ4v) is 6.18. The molecule has 0 spiro atoms. The van der Waals surface area contributed by atoms with Gasteiger partial charge in [0.05, 0.1) is 36.0 Å². The van der Waals surface area contributed by atoms with Gasteiger partial charge < -0.3 is 10.1 Å². The molecule has 0 radical (unpaired) electrons. The van der Waals surface area contributed by atoms with Crippen LogP contribution in [0.1, 0.15) is 43.2 Å². The van der Waals surface area contributed by atoms with Crippen molar-refractivity contribution in [1.82, 2.24) is 9.88 Å². The van der Waals surface area contributed by atoms with Gasteiger partial charge in [0, 0.05) is 25.2 Å². The van der Waals surface area contributed by atoms with E-state index < -0.39 is 21.9 Å². The quantitative estimate of drug-likeness (QED) is 0.443. The van der Waals surface area contributed by atoms with Crippen LogP contribution < -0.4 is 9.62 Å². The Morgan fingerprint density at radius 2 is 1.67 bits per heavy atom. The molecule has 11 heteroatoms. The Kier molecular flexibility index (Phi) is 7.11. The number of ether oxygens (including phenoxy) is 1. The molecule has 5 rings (SSSR count). The first-order valence-corrected chi connectivity index (χ1v) is 14.2. The lowest BCUT2D eigenvalue weighted by Crippen LogP contribution is -2.35. The first-order valence-electron chi connectivity index (χ1n) is 12.7. The van der Waals surface area contributed by atoms with Gasteiger partial charge in [-0.1, -0.05) is 45.0 Å². The zero-order valence-corrected chi connectivity index (χ0v) is 22.9. The largest absolute Gasteiger partial charge is 0.433 e. The van der Waals surface area contributed by atoms with Crippen LogP contribution in [0.15, 0.2) is 59.5 Å². The molecule has 2 aliphatic heterocycles. The molecule has 7 nitrogen and oxygen atoms in total. The molecule has 2 aliphatic rings. The normalized spacial score (nSPS) is 16.7. The van der Waals surface area contributed by atoms with Gasteiger partial charge in [-0.15, -0.1) is 0 Å². The minimum atomic E-state index is -4.63. The van der Waals surface area contributed by atoms with Crippen LogP contribution in [0.25, 0.3) is 0 Å². The molecule has 3 heterocycles. The van der Waals surface area contributed by atoms with Gasteiger partial charge in [-0.25, -0.2) is 13.4 Å². The summed E-state index contributed by atoms with van der Waals surface area (Å²) in [6, 6.07) is 14.3. The number of anilines is 3. The Hall–Kier alpha value is -3.15. The highest BCUT2D eigenvalue weighted by atomic mass is 32.2. The number of morpholine rings is 1. The second-order valence-corrected chi connectivity index (χ2v) is 12.7. The van der Waals surface area contributed by atoms with Gasteiger partial charge in [-0.2, -0.15) is 13.2 Å². The number of aromatic nitrogens is 1. The summed E-state index contributed by atoms with van der Waals surface area (Å²) < 4.78 is 75.1. The Balaban J connectivity index is 1.59. The number of sulfonamides is 1. The van der Waals surface area contributed by atoms with Gasteiger partial charge in [-0.05, 0) is 46.9 Å². The van der Waals surface area contributed by atoms with Crippen LogP contribution in [0.3, 0.4) is 0 Å². The smallest absolute Gasteiger partial charge is 0.379 e. The predicted molar refractivity (Wildman–Crippen MR) is 144 cm³/mol. The van der Waals surface area contributed by atoms with Crippen molar-refractivity contribution < 1.29 is 26.3 Å². The number of fused-ring (bicyclic) bond motifs is 2. The first kappa shape index (κ1) is 27.4. The van der Waals surface area contributed by atoms with Crippen LogP contribution in [0, 0.1) is 0 Å². The minimum absolute atomic E-state index is 0.0206. The summed E-state index contributed by atoms with van der Waals surface area (Å²) in [5, 5.41) is 2.98. The highest BCUT2D eigenvalue weighted by Crippen LogP contribution is 2.40. The topological polar surface area (TPSA) is 74.8 Å². The van der Waals surface area contributed by atoms with Gasteiger partial charge in [-0.3, -0.25) is 9.21 Å². The number of pyridine rings is 1. The van der Waals surface area contributed by atoms with Crippen LogP contribution in [0.4, 0.5) is 30.4 Å². The molecule has 1 N–H and O–H groups in total. The van der Waals surface area contributed by atoms with Crippen molar-refractivity contribution in [3.05, 3.63) is 77.0 Å². The lowest BCUT2D eigenvalue weighted by atomic mass is 9.87. The summed E-state index contributed by atoms with van der Waals surface area (Å²) in [7, 11) is -4.08. The molecule has 0 aliphatic carbocycles. The number of nitrogens with one attached hydrogen (secondary N) is 1. The van der Waals surface area contributed by atoms with E-state index in [1.54, 1.807) is 36.4 Å². The number of benzene rings is 2. The second kappa shape index (κ2) is 10.1. The van der Waals surface area contributed by atoms with Crippen LogP contribution in [0.2, 0.25) is 0 Å². The van der Waals surface area contributed by atoms with Crippen molar-refractivity contribution in [3.63, 3.8) is 0 Å². The SMILES string of the molecule is CC(C)(C)c1ccc(S(=O)(=O)N2Cc3ccc(C(F)(F)F)nc3Nc3ccc(CN4CCOCC4)cc32)cc1. The monoisotopic (exact) mass is 560 g/mol. The molecule has 0 amide bonds. The summed E-state index contributed by atoms with van der Waals surface area (Å²) in [6.45, 7) is 9.31. The van der Waals surface area contributed by atoms with Crippen molar-refractivity contribution in [2.75, 3.05) is 35.9 Å². The molecule has 208 valence electrons. The fraction of sp³-hybridized carbons (Fsp3) is 0.393. The summed E-state index contributed by atoms with van der Waals surface area (Å²) in [5.74, 6) is -0.0206. The van der Waals surface area contributed by atoms with E-state index in [4.69, 9.17) is 4.74 Å². The lowest BCUT2D eigenvalue weighted by molar-refractivity contribution is -0.141. The molecular formula is C28H31F3N4O3S. The van der Waals surface area contributed by atoms with Crippen LogP contribution in [0.5, 0.6) is 0 Å². The highest BCUT2D eigenvalue weighted by Gasteiger charge is 2.35. The molecule has 1 saturated heterocycles. The third kappa shape index (κ3) is 5.75. The van der Waals surface area contributed by atoms with Crippen molar-refractivity contribution in [2.24, 2.45) is 0 Å². The van der Waals surface area contributed by atoms with Gasteiger partial charge in [0.25, 0.3) is 10.0 Å². The van der Waals surface area contributed by atoms with Crippen LogP contribution >= 0.6 is 0 Å². The van der Waals surface area contributed by atoms with E-state index in [0.717, 1.165) is 30.3 Å². The van der Waals surface area contributed by atoms with E-state index >= 15 is 0 Å². The summed E-state index contributed by atoms with van der Waals surface area (Å²) >= 11 is 0. The lowest BCUT2D eigenvalue weighted by Gasteiger charge is -2.28. The number of rotatable bonds is 4. The summed E-state index contributed by atoms with van der Waals surface area (Å²) in [6.07, 6.45) is -4.63. The predicted octanol–water partition coefficient (Wildman–Crippen LogP) is 5.68. The van der Waals surface area contributed by atoms with Crippen molar-refractivity contribution in [2.45, 2.75) is 50.3 Å². The van der Waals surface area contributed by atoms with E-state index in [1.165, 1.54) is 10.4 Å². The first-order chi connectivity index (χ1) is 18.3. The van der Waals surface area contributed by atoms with Gasteiger partial charge in [0.1, 0.15) is 11.5 Å². The maximum Gasteiger partial charge on any atom is 0.433 e. The van der Waals surface area contributed by atoms with Gasteiger partial charge in [0.2, 0.25) is 0 Å². The summed E-state index contributed by atoms with van der Waals surface area (Å²) in [4.78, 5) is 6.12. The molecular weight excluding hydrogens is 529 g/mol. The van der Waals surface area contributed by atoms with E-state index in [-0.39, 0.29) is 22.7 Å². The van der Waals surface area contributed by atoms with Crippen molar-refractivity contribution in [1.29, 1.82) is 0 Å². The summed E-state index contributed by atoms with van der Waals surface area (Å²) in [5.41, 5.74) is 1.72. The van der Waals surface area contributed by atoms with Gasteiger partial charge in [0.15, 0.2) is 0 Å². The molecule has 1 fully saturated rings. The zero-order valence-electron chi connectivity index (χ0n) is 22.0. The number of halogens is 3. The molecule has 0 bridgehead atoms. The Morgan fingerprint density at radius 3 is 2.31 bits per heavy atom. The highest BCUT2D eigenvalue weighted by molar-refractivity contribution is 7.92. The Labute approximate surface area is 226 Å². The molecule has 3 aromatic rings. The number of hydrogen-bond acceptors (Lipinski definition) is 6. The number of alkyl halides is 3. The fourth-order valence-electron chi connectivity index (χ4n) is 4.72. The molecule has 0 atom stereocenters. The molecule has 39 heavy (non-hydrogen) atoms. The standard InChI is InChI=1S/C28H31F3N4O3S/c1-27(2,3)21-6-8-22(9-7-21)39(36,37)35-18-20-5-11-25(28(29,30)31)33-26(20)32-23-10-4-19(16-24(23)35)17-34-12-14-38-15-13-34/h4-11,16H,12-15,17-18H2,1-3H3,(H,32,33). The molecule has 1 aromatic heterocycles. The number of nitrogens with zero attached hydrogens (tertiary/aromatic N) is 3. The zero-order chi connectivity index (χ0) is 28.0.